The summed E-state index contributed by atoms with van der Waals surface area (Å²) in [7, 11) is 0. The van der Waals surface area contributed by atoms with E-state index in [2.05, 4.69) is 4.79 Å². The quantitative estimate of drug-likeness (QED) is 0.500. The average Bonchev–Trinajstić information content (AvgIpc) is 2.17. The molecule has 0 aromatic rings. The molecule has 1 unspecified atom stereocenters. The van der Waals surface area contributed by atoms with Crippen molar-refractivity contribution in [3.05, 3.63) is 29.5 Å². The van der Waals surface area contributed by atoms with E-state index in [1.807, 2.05) is 6.92 Å². The first-order chi connectivity index (χ1) is 6.69. The predicted octanol–water partition coefficient (Wildman–Crippen LogP) is 1.35. The van der Waals surface area contributed by atoms with Gasteiger partial charge >= 0.3 is 5.71 Å². The van der Waals surface area contributed by atoms with Gasteiger partial charge in [-0.1, -0.05) is 6.08 Å². The van der Waals surface area contributed by atoms with Crippen molar-refractivity contribution in [3.8, 4) is 0 Å². The van der Waals surface area contributed by atoms with Crippen LogP contribution in [0, 0.1) is 5.92 Å². The number of rotatable bonds is 3. The smallest absolute Gasteiger partial charge is 0.309 e. The van der Waals surface area contributed by atoms with Gasteiger partial charge in [0, 0.05) is 0 Å². The van der Waals surface area contributed by atoms with Crippen LogP contribution in [0.25, 0.3) is 5.53 Å². The molecule has 0 amide bonds. The summed E-state index contributed by atoms with van der Waals surface area (Å²) in [5.74, 6) is 0.0999. The number of ether oxygens (including phenoxy) is 1. The van der Waals surface area contributed by atoms with Crippen LogP contribution in [0.1, 0.15) is 13.8 Å². The number of carbonyl (C=O) groups excluding carboxylic acids is 1. The second kappa shape index (κ2) is 4.53. The predicted molar refractivity (Wildman–Crippen MR) is 51.6 cm³/mol. The zero-order chi connectivity index (χ0) is 10.6. The van der Waals surface area contributed by atoms with E-state index in [1.165, 1.54) is 6.92 Å². The Hall–Kier alpha value is -1.67. The SMILES string of the molecule is CCOC1=CC(=[N+]=[N-])C(C(C)=O)C=C1. The number of carbonyl (C=O) groups is 1. The first-order valence-corrected chi connectivity index (χ1v) is 4.44. The van der Waals surface area contributed by atoms with E-state index in [0.717, 1.165) is 0 Å². The van der Waals surface area contributed by atoms with Gasteiger partial charge < -0.3 is 10.3 Å². The molecule has 0 aliphatic heterocycles. The van der Waals surface area contributed by atoms with Crippen LogP contribution < -0.4 is 0 Å². The van der Waals surface area contributed by atoms with Gasteiger partial charge in [0.2, 0.25) is 0 Å². The molecule has 0 saturated carbocycles. The van der Waals surface area contributed by atoms with E-state index >= 15 is 0 Å². The number of hydrogen-bond acceptors (Lipinski definition) is 2. The summed E-state index contributed by atoms with van der Waals surface area (Å²) < 4.78 is 5.21. The molecular weight excluding hydrogens is 180 g/mol. The molecule has 0 radical (unpaired) electrons. The van der Waals surface area contributed by atoms with Crippen LogP contribution in [0.5, 0.6) is 0 Å². The summed E-state index contributed by atoms with van der Waals surface area (Å²) in [6, 6.07) is 0. The number of ketones is 1. The Balaban J connectivity index is 2.91. The molecule has 1 atom stereocenters. The molecular formula is C10H12N2O2. The van der Waals surface area contributed by atoms with Gasteiger partial charge in [-0.25, -0.2) is 0 Å². The zero-order valence-electron chi connectivity index (χ0n) is 8.23. The molecule has 0 aromatic carbocycles. The molecule has 0 N–H and O–H groups in total. The third-order valence-corrected chi connectivity index (χ3v) is 1.93. The molecule has 74 valence electrons. The maximum Gasteiger partial charge on any atom is 0.309 e. The number of hydrogen-bond donors (Lipinski definition) is 0. The molecule has 14 heavy (non-hydrogen) atoms. The van der Waals surface area contributed by atoms with E-state index in [0.29, 0.717) is 18.1 Å². The summed E-state index contributed by atoms with van der Waals surface area (Å²) in [6.45, 7) is 3.86. The first-order valence-electron chi connectivity index (χ1n) is 4.44. The minimum absolute atomic E-state index is 0.0548. The van der Waals surface area contributed by atoms with E-state index in [4.69, 9.17) is 10.3 Å². The third-order valence-electron chi connectivity index (χ3n) is 1.93. The summed E-state index contributed by atoms with van der Waals surface area (Å²) in [4.78, 5) is 14.2. The third kappa shape index (κ3) is 2.18. The Kier molecular flexibility index (Phi) is 3.37. The number of Topliss-reactive ketones (excluding diaryl/α,β-unsaturated/α-hetero) is 1. The second-order valence-corrected chi connectivity index (χ2v) is 2.95. The average molecular weight is 192 g/mol. The fraction of sp³-hybridized carbons (Fsp3) is 0.400. The lowest BCUT2D eigenvalue weighted by atomic mass is 9.94. The molecule has 1 aliphatic rings. The summed E-state index contributed by atoms with van der Waals surface area (Å²) in [5, 5.41) is 0. The molecule has 0 heterocycles. The fourth-order valence-electron chi connectivity index (χ4n) is 1.26. The van der Waals surface area contributed by atoms with Crippen molar-refractivity contribution in [2.75, 3.05) is 6.61 Å². The molecule has 4 heteroatoms. The van der Waals surface area contributed by atoms with Crippen LogP contribution in [-0.2, 0) is 9.53 Å². The standard InChI is InChI=1S/C10H12N2O2/c1-3-14-8-4-5-9(7(2)13)10(6-8)12-11/h4-6,9H,3H2,1-2H3. The van der Waals surface area contributed by atoms with Crippen molar-refractivity contribution in [3.63, 3.8) is 0 Å². The van der Waals surface area contributed by atoms with Crippen LogP contribution in [0.15, 0.2) is 24.0 Å². The van der Waals surface area contributed by atoms with Crippen LogP contribution in [0.4, 0.5) is 0 Å². The van der Waals surface area contributed by atoms with Gasteiger partial charge in [-0.05, 0) is 19.9 Å². The van der Waals surface area contributed by atoms with Gasteiger partial charge in [-0.15, -0.1) is 0 Å². The van der Waals surface area contributed by atoms with E-state index in [1.54, 1.807) is 18.2 Å². The highest BCUT2D eigenvalue weighted by molar-refractivity contribution is 6.09. The molecule has 1 rings (SSSR count). The van der Waals surface area contributed by atoms with Crippen LogP contribution in [-0.4, -0.2) is 22.9 Å². The van der Waals surface area contributed by atoms with Crippen molar-refractivity contribution < 1.29 is 14.3 Å². The van der Waals surface area contributed by atoms with Crippen molar-refractivity contribution in [2.45, 2.75) is 13.8 Å². The van der Waals surface area contributed by atoms with Crippen LogP contribution in [0.2, 0.25) is 0 Å². The summed E-state index contributed by atoms with van der Waals surface area (Å²) in [6.07, 6.45) is 4.95. The zero-order valence-corrected chi connectivity index (χ0v) is 8.23. The largest absolute Gasteiger partial charge is 0.494 e. The van der Waals surface area contributed by atoms with Gasteiger partial charge in [-0.3, -0.25) is 4.79 Å². The highest BCUT2D eigenvalue weighted by Gasteiger charge is 2.27. The van der Waals surface area contributed by atoms with E-state index in [-0.39, 0.29) is 5.78 Å². The van der Waals surface area contributed by atoms with Gasteiger partial charge in [0.05, 0.1) is 12.7 Å². The van der Waals surface area contributed by atoms with Crippen molar-refractivity contribution >= 4 is 11.5 Å². The fourth-order valence-corrected chi connectivity index (χ4v) is 1.26. The lowest BCUT2D eigenvalue weighted by Gasteiger charge is -2.09. The second-order valence-electron chi connectivity index (χ2n) is 2.95. The van der Waals surface area contributed by atoms with Crippen LogP contribution >= 0.6 is 0 Å². The molecule has 0 fully saturated rings. The Morgan fingerprint density at radius 1 is 1.71 bits per heavy atom. The van der Waals surface area contributed by atoms with E-state index in [9.17, 15) is 4.79 Å². The normalized spacial score (nSPS) is 20.0. The Morgan fingerprint density at radius 2 is 2.43 bits per heavy atom. The maximum absolute atomic E-state index is 11.1. The molecule has 0 bridgehead atoms. The number of allylic oxidation sites excluding steroid dienone is 3. The molecule has 0 aromatic heterocycles. The summed E-state index contributed by atoms with van der Waals surface area (Å²) in [5.41, 5.74) is 9.02. The highest BCUT2D eigenvalue weighted by atomic mass is 16.5. The van der Waals surface area contributed by atoms with Crippen molar-refractivity contribution in [1.29, 1.82) is 0 Å². The molecule has 0 spiro atoms. The Labute approximate surface area is 82.5 Å². The maximum atomic E-state index is 11.1. The van der Waals surface area contributed by atoms with Crippen molar-refractivity contribution in [2.24, 2.45) is 5.92 Å². The molecule has 4 nitrogen and oxygen atoms in total. The lowest BCUT2D eigenvalue weighted by Crippen LogP contribution is -2.22. The topological polar surface area (TPSA) is 62.7 Å². The Morgan fingerprint density at radius 3 is 2.93 bits per heavy atom. The van der Waals surface area contributed by atoms with Crippen LogP contribution in [0.3, 0.4) is 0 Å². The van der Waals surface area contributed by atoms with Gasteiger partial charge in [0.25, 0.3) is 0 Å². The molecule has 0 saturated heterocycles. The first kappa shape index (κ1) is 10.4. The highest BCUT2D eigenvalue weighted by Crippen LogP contribution is 2.14. The van der Waals surface area contributed by atoms with Gasteiger partial charge in [-0.2, -0.15) is 4.79 Å². The van der Waals surface area contributed by atoms with Gasteiger partial charge in [0.1, 0.15) is 17.5 Å². The lowest BCUT2D eigenvalue weighted by molar-refractivity contribution is -0.118. The van der Waals surface area contributed by atoms with Crippen molar-refractivity contribution in [1.82, 2.24) is 0 Å². The minimum Gasteiger partial charge on any atom is -0.494 e. The Bertz CT molecular complexity index is 349. The monoisotopic (exact) mass is 192 g/mol. The van der Waals surface area contributed by atoms with Gasteiger partial charge in [0.15, 0.2) is 0 Å². The minimum atomic E-state index is -0.454. The number of nitrogens with zero attached hydrogens (tertiary/aromatic N) is 2. The van der Waals surface area contributed by atoms with E-state index < -0.39 is 5.92 Å². The molecule has 1 aliphatic carbocycles. The summed E-state index contributed by atoms with van der Waals surface area (Å²) >= 11 is 0.